The van der Waals surface area contributed by atoms with Gasteiger partial charge in [-0.1, -0.05) is 0 Å². The molecule has 2 heterocycles. The molecule has 0 unspecified atom stereocenters. The van der Waals surface area contributed by atoms with Crippen molar-refractivity contribution in [3.05, 3.63) is 0 Å². The second kappa shape index (κ2) is 5.68. The van der Waals surface area contributed by atoms with Gasteiger partial charge >= 0.3 is 0 Å². The Morgan fingerprint density at radius 3 is 2.40 bits per heavy atom. The molecular formula is C11H17N7O2. The molecule has 9 heteroatoms. The minimum atomic E-state index is -0.363. The van der Waals surface area contributed by atoms with Gasteiger partial charge in [0.1, 0.15) is 13.1 Å². The van der Waals surface area contributed by atoms with E-state index in [1.807, 2.05) is 21.0 Å². The quantitative estimate of drug-likeness (QED) is 0.665. The smallest absolute Gasteiger partial charge is 0.246 e. The molecule has 0 atom stereocenters. The average Bonchev–Trinajstić information content (AvgIpc) is 2.37. The molecule has 0 aliphatic carbocycles. The van der Waals surface area contributed by atoms with Gasteiger partial charge in [-0.2, -0.15) is 15.0 Å². The first-order valence-corrected chi connectivity index (χ1v) is 6.24. The Kier molecular flexibility index (Phi) is 3.97. The summed E-state index contributed by atoms with van der Waals surface area (Å²) in [7, 11) is 3.62. The Balaban J connectivity index is 2.34. The molecule has 1 fully saturated rings. The number of amides is 2. The van der Waals surface area contributed by atoms with Gasteiger partial charge in [0.2, 0.25) is 29.7 Å². The molecule has 9 nitrogen and oxygen atoms in total. The minimum absolute atomic E-state index is 0.0498. The highest BCUT2D eigenvalue weighted by molar-refractivity contribution is 6.02. The summed E-state index contributed by atoms with van der Waals surface area (Å²) < 4.78 is 0. The van der Waals surface area contributed by atoms with Crippen LogP contribution < -0.4 is 20.4 Å². The van der Waals surface area contributed by atoms with Crippen molar-refractivity contribution in [1.29, 1.82) is 0 Å². The van der Waals surface area contributed by atoms with Crippen LogP contribution in [-0.2, 0) is 9.59 Å². The summed E-state index contributed by atoms with van der Waals surface area (Å²) in [6, 6.07) is 0. The number of imide groups is 1. The molecule has 1 aliphatic rings. The molecule has 0 radical (unpaired) electrons. The maximum atomic E-state index is 11.4. The Labute approximate surface area is 116 Å². The fraction of sp³-hybridized carbons (Fsp3) is 0.545. The molecule has 2 N–H and O–H groups in total. The van der Waals surface area contributed by atoms with Crippen LogP contribution >= 0.6 is 0 Å². The fourth-order valence-corrected chi connectivity index (χ4v) is 1.71. The van der Waals surface area contributed by atoms with Gasteiger partial charge in [-0.05, 0) is 6.92 Å². The normalized spacial score (nSPS) is 15.1. The van der Waals surface area contributed by atoms with Crippen molar-refractivity contribution in [1.82, 2.24) is 20.3 Å². The third kappa shape index (κ3) is 3.11. The number of nitrogens with zero attached hydrogens (tertiary/aromatic N) is 5. The fourth-order valence-electron chi connectivity index (χ4n) is 1.71. The van der Waals surface area contributed by atoms with E-state index in [1.165, 1.54) is 4.90 Å². The molecule has 0 spiro atoms. The second-order valence-corrected chi connectivity index (χ2v) is 4.51. The summed E-state index contributed by atoms with van der Waals surface area (Å²) in [5.41, 5.74) is 0. The third-order valence-corrected chi connectivity index (χ3v) is 2.58. The predicted molar refractivity (Wildman–Crippen MR) is 73.7 cm³/mol. The molecule has 0 bridgehead atoms. The van der Waals surface area contributed by atoms with Gasteiger partial charge in [0, 0.05) is 20.6 Å². The molecule has 0 aromatic carbocycles. The van der Waals surface area contributed by atoms with Crippen LogP contribution in [0.3, 0.4) is 0 Å². The number of carbonyl (C=O) groups excluding carboxylic acids is 2. The van der Waals surface area contributed by atoms with Crippen LogP contribution in [0, 0.1) is 0 Å². The van der Waals surface area contributed by atoms with Crippen molar-refractivity contribution in [2.45, 2.75) is 6.92 Å². The van der Waals surface area contributed by atoms with E-state index < -0.39 is 0 Å². The number of hydrogen-bond acceptors (Lipinski definition) is 8. The largest absolute Gasteiger partial charge is 0.354 e. The summed E-state index contributed by atoms with van der Waals surface area (Å²) in [5.74, 6) is 0.461. The first-order chi connectivity index (χ1) is 9.49. The average molecular weight is 279 g/mol. The van der Waals surface area contributed by atoms with Crippen molar-refractivity contribution < 1.29 is 9.59 Å². The maximum absolute atomic E-state index is 11.4. The molecule has 1 aromatic rings. The predicted octanol–water partition coefficient (Wildman–Crippen LogP) is -1.17. The van der Waals surface area contributed by atoms with E-state index in [0.29, 0.717) is 24.4 Å². The molecular weight excluding hydrogens is 262 g/mol. The standard InChI is InChI=1S/C11H17N7O2/c1-4-12-9-14-10(17(2)3)16-11(15-9)18-5-7(19)13-8(20)6-18/h4-6H2,1-3H3,(H,13,19,20)(H,12,14,15,16). The summed E-state index contributed by atoms with van der Waals surface area (Å²) in [6.07, 6.45) is 0. The van der Waals surface area contributed by atoms with E-state index in [4.69, 9.17) is 0 Å². The number of piperazine rings is 1. The molecule has 20 heavy (non-hydrogen) atoms. The molecule has 2 amide bonds. The van der Waals surface area contributed by atoms with E-state index in [0.717, 1.165) is 0 Å². The molecule has 108 valence electrons. The zero-order valence-corrected chi connectivity index (χ0v) is 11.7. The summed E-state index contributed by atoms with van der Waals surface area (Å²) in [4.78, 5) is 38.8. The van der Waals surface area contributed by atoms with E-state index >= 15 is 0 Å². The summed E-state index contributed by atoms with van der Waals surface area (Å²) >= 11 is 0. The highest BCUT2D eigenvalue weighted by Gasteiger charge is 2.25. The lowest BCUT2D eigenvalue weighted by atomic mass is 10.3. The summed E-state index contributed by atoms with van der Waals surface area (Å²) in [5, 5.41) is 5.24. The lowest BCUT2D eigenvalue weighted by molar-refractivity contribution is -0.130. The number of aromatic nitrogens is 3. The van der Waals surface area contributed by atoms with Gasteiger partial charge < -0.3 is 15.1 Å². The van der Waals surface area contributed by atoms with Crippen LogP contribution in [0.4, 0.5) is 17.8 Å². The Hall–Kier alpha value is -2.45. The van der Waals surface area contributed by atoms with Crippen LogP contribution in [0.15, 0.2) is 0 Å². The highest BCUT2D eigenvalue weighted by atomic mass is 16.2. The van der Waals surface area contributed by atoms with Crippen molar-refractivity contribution in [2.75, 3.05) is 48.8 Å². The van der Waals surface area contributed by atoms with Crippen molar-refractivity contribution in [3.8, 4) is 0 Å². The SMILES string of the molecule is CCNc1nc(N(C)C)nc(N2CC(=O)NC(=O)C2)n1. The third-order valence-electron chi connectivity index (χ3n) is 2.58. The van der Waals surface area contributed by atoms with Gasteiger partial charge in [0.25, 0.3) is 0 Å². The topological polar surface area (TPSA) is 103 Å². The van der Waals surface area contributed by atoms with Crippen LogP contribution in [0.25, 0.3) is 0 Å². The molecule has 0 saturated carbocycles. The van der Waals surface area contributed by atoms with Gasteiger partial charge in [-0.15, -0.1) is 0 Å². The minimum Gasteiger partial charge on any atom is -0.354 e. The maximum Gasteiger partial charge on any atom is 0.246 e. The number of hydrogen-bond donors (Lipinski definition) is 2. The number of carbonyl (C=O) groups is 2. The Bertz CT molecular complexity index is 516. The van der Waals surface area contributed by atoms with E-state index in [9.17, 15) is 9.59 Å². The zero-order chi connectivity index (χ0) is 14.7. The Morgan fingerprint density at radius 2 is 1.85 bits per heavy atom. The van der Waals surface area contributed by atoms with Crippen molar-refractivity contribution in [2.24, 2.45) is 0 Å². The molecule has 1 aliphatic heterocycles. The van der Waals surface area contributed by atoms with Crippen LogP contribution in [0.1, 0.15) is 6.92 Å². The highest BCUT2D eigenvalue weighted by Crippen LogP contribution is 2.15. The number of rotatable bonds is 4. The molecule has 2 rings (SSSR count). The lowest BCUT2D eigenvalue weighted by Crippen LogP contribution is -2.52. The van der Waals surface area contributed by atoms with E-state index in [-0.39, 0.29) is 24.9 Å². The first-order valence-electron chi connectivity index (χ1n) is 6.24. The molecule has 1 aromatic heterocycles. The zero-order valence-electron chi connectivity index (χ0n) is 11.7. The van der Waals surface area contributed by atoms with Crippen LogP contribution in [0.2, 0.25) is 0 Å². The van der Waals surface area contributed by atoms with Crippen LogP contribution in [0.5, 0.6) is 0 Å². The summed E-state index contributed by atoms with van der Waals surface area (Å²) in [6.45, 7) is 2.69. The molecule has 1 saturated heterocycles. The lowest BCUT2D eigenvalue weighted by Gasteiger charge is -2.26. The van der Waals surface area contributed by atoms with Crippen molar-refractivity contribution >= 4 is 29.7 Å². The van der Waals surface area contributed by atoms with Gasteiger partial charge in [0.05, 0.1) is 0 Å². The van der Waals surface area contributed by atoms with Crippen molar-refractivity contribution in [3.63, 3.8) is 0 Å². The monoisotopic (exact) mass is 279 g/mol. The van der Waals surface area contributed by atoms with E-state index in [1.54, 1.807) is 4.90 Å². The van der Waals surface area contributed by atoms with Gasteiger partial charge in [0.15, 0.2) is 0 Å². The van der Waals surface area contributed by atoms with Crippen LogP contribution in [-0.4, -0.2) is 60.5 Å². The van der Waals surface area contributed by atoms with Gasteiger partial charge in [-0.25, -0.2) is 0 Å². The Morgan fingerprint density at radius 1 is 1.20 bits per heavy atom. The number of anilines is 3. The van der Waals surface area contributed by atoms with Gasteiger partial charge in [-0.3, -0.25) is 14.9 Å². The first kappa shape index (κ1) is 14.0. The number of nitrogens with one attached hydrogen (secondary N) is 2. The van der Waals surface area contributed by atoms with E-state index in [2.05, 4.69) is 25.6 Å². The second-order valence-electron chi connectivity index (χ2n) is 4.51.